The van der Waals surface area contributed by atoms with Crippen LogP contribution in [0.2, 0.25) is 0 Å². The van der Waals surface area contributed by atoms with Gasteiger partial charge in [-0.3, -0.25) is 19.0 Å². The van der Waals surface area contributed by atoms with Crippen LogP contribution in [0, 0.1) is 0 Å². The third-order valence-electron chi connectivity index (χ3n) is 5.75. The van der Waals surface area contributed by atoms with Crippen LogP contribution in [0.5, 0.6) is 0 Å². The van der Waals surface area contributed by atoms with E-state index in [-0.39, 0.29) is 23.0 Å². The first kappa shape index (κ1) is 23.0. The van der Waals surface area contributed by atoms with Crippen molar-refractivity contribution < 1.29 is 9.59 Å². The minimum Gasteiger partial charge on any atom is -0.325 e. The van der Waals surface area contributed by atoms with Crippen molar-refractivity contribution in [1.82, 2.24) is 9.55 Å². The fourth-order valence-electron chi connectivity index (χ4n) is 3.99. The lowest BCUT2D eigenvalue weighted by Gasteiger charge is -2.16. The molecule has 4 rings (SSSR count). The van der Waals surface area contributed by atoms with Gasteiger partial charge in [0.2, 0.25) is 5.91 Å². The van der Waals surface area contributed by atoms with E-state index < -0.39 is 0 Å². The smallest absolute Gasteiger partial charge is 0.262 e. The van der Waals surface area contributed by atoms with Gasteiger partial charge in [0.1, 0.15) is 0 Å². The van der Waals surface area contributed by atoms with Crippen LogP contribution in [-0.2, 0) is 11.3 Å². The molecule has 170 valence electrons. The summed E-state index contributed by atoms with van der Waals surface area (Å²) < 4.78 is 1.70. The summed E-state index contributed by atoms with van der Waals surface area (Å²) in [6, 6.07) is 14.2. The Labute approximate surface area is 197 Å². The van der Waals surface area contributed by atoms with Gasteiger partial charge in [-0.1, -0.05) is 47.7 Å². The quantitative estimate of drug-likeness (QED) is 0.215. The van der Waals surface area contributed by atoms with Crippen LogP contribution in [0.3, 0.4) is 0 Å². The number of hydrogen-bond donors (Lipinski definition) is 1. The molecule has 0 atom stereocenters. The normalized spacial score (nSPS) is 13.5. The van der Waals surface area contributed by atoms with E-state index in [9.17, 15) is 14.4 Å². The van der Waals surface area contributed by atoms with Gasteiger partial charge in [-0.2, -0.15) is 0 Å². The summed E-state index contributed by atoms with van der Waals surface area (Å²) in [7, 11) is 0. The molecule has 6 nitrogen and oxygen atoms in total. The summed E-state index contributed by atoms with van der Waals surface area (Å²) in [4.78, 5) is 42.1. The van der Waals surface area contributed by atoms with Crippen molar-refractivity contribution in [2.45, 2.75) is 50.7 Å². The first-order chi connectivity index (χ1) is 16.0. The number of Topliss-reactive ketones (excluding diaryl/α,β-unsaturated/α-hetero) is 1. The molecule has 0 radical (unpaired) electrons. The molecular weight excluding hydrogens is 434 g/mol. The average Bonchev–Trinajstić information content (AvgIpc) is 2.83. The molecule has 0 unspecified atom stereocenters. The van der Waals surface area contributed by atoms with Crippen molar-refractivity contribution in [1.29, 1.82) is 0 Å². The highest BCUT2D eigenvalue weighted by molar-refractivity contribution is 7.99. The Balaban J connectivity index is 1.52. The van der Waals surface area contributed by atoms with E-state index in [1.54, 1.807) is 34.9 Å². The number of nitrogens with zero attached hydrogens (tertiary/aromatic N) is 2. The number of aromatic nitrogens is 2. The van der Waals surface area contributed by atoms with Gasteiger partial charge < -0.3 is 5.32 Å². The van der Waals surface area contributed by atoms with Crippen molar-refractivity contribution in [2.75, 3.05) is 11.1 Å². The minimum atomic E-state index is -0.218. The molecule has 1 aliphatic carbocycles. The second-order valence-corrected chi connectivity index (χ2v) is 9.14. The van der Waals surface area contributed by atoms with Crippen LogP contribution < -0.4 is 10.9 Å². The molecule has 0 spiro atoms. The minimum absolute atomic E-state index is 0.0575. The molecule has 1 N–H and O–H groups in total. The second-order valence-electron chi connectivity index (χ2n) is 8.20. The van der Waals surface area contributed by atoms with Crippen molar-refractivity contribution in [2.24, 2.45) is 0 Å². The van der Waals surface area contributed by atoms with E-state index in [1.807, 2.05) is 18.2 Å². The molecule has 1 amide bonds. The molecule has 1 heterocycles. The second kappa shape index (κ2) is 10.6. The number of carbonyl (C=O) groups is 2. The number of benzene rings is 2. The monoisotopic (exact) mass is 461 g/mol. The van der Waals surface area contributed by atoms with Gasteiger partial charge in [0.25, 0.3) is 5.56 Å². The molecule has 0 fully saturated rings. The lowest BCUT2D eigenvalue weighted by atomic mass is 9.97. The molecule has 33 heavy (non-hydrogen) atoms. The van der Waals surface area contributed by atoms with Crippen LogP contribution >= 0.6 is 11.8 Å². The molecule has 0 aliphatic heterocycles. The summed E-state index contributed by atoms with van der Waals surface area (Å²) in [5.41, 5.74) is 3.06. The van der Waals surface area contributed by atoms with E-state index in [1.165, 1.54) is 37.1 Å². The van der Waals surface area contributed by atoms with E-state index >= 15 is 0 Å². The van der Waals surface area contributed by atoms with Crippen molar-refractivity contribution in [3.05, 3.63) is 76.1 Å². The van der Waals surface area contributed by atoms with E-state index in [0.717, 1.165) is 19.3 Å². The predicted molar refractivity (Wildman–Crippen MR) is 133 cm³/mol. The number of para-hydroxylation sites is 1. The zero-order valence-corrected chi connectivity index (χ0v) is 19.5. The number of amides is 1. The van der Waals surface area contributed by atoms with Gasteiger partial charge in [0.15, 0.2) is 10.9 Å². The fraction of sp³-hybridized carbons (Fsp3) is 0.308. The van der Waals surface area contributed by atoms with Gasteiger partial charge in [0, 0.05) is 17.8 Å². The topological polar surface area (TPSA) is 81.1 Å². The van der Waals surface area contributed by atoms with Gasteiger partial charge in [-0.05, 0) is 63.3 Å². The predicted octanol–water partition coefficient (Wildman–Crippen LogP) is 5.22. The largest absolute Gasteiger partial charge is 0.325 e. The zero-order valence-electron chi connectivity index (χ0n) is 18.7. The summed E-state index contributed by atoms with van der Waals surface area (Å²) in [5, 5.41) is 3.96. The number of ketones is 1. The molecule has 0 saturated carbocycles. The number of fused-ring (bicyclic) bond motifs is 1. The average molecular weight is 462 g/mol. The number of allylic oxidation sites excluding steroid dienone is 2. The number of anilines is 1. The van der Waals surface area contributed by atoms with Crippen LogP contribution in [0.25, 0.3) is 10.9 Å². The third-order valence-corrected chi connectivity index (χ3v) is 6.73. The molecule has 7 heteroatoms. The number of rotatable bonds is 8. The number of hydrogen-bond acceptors (Lipinski definition) is 5. The maximum Gasteiger partial charge on any atom is 0.262 e. The highest BCUT2D eigenvalue weighted by Gasteiger charge is 2.15. The summed E-state index contributed by atoms with van der Waals surface area (Å²) in [6.07, 6.45) is 7.72. The van der Waals surface area contributed by atoms with Crippen LogP contribution in [0.15, 0.2) is 70.1 Å². The van der Waals surface area contributed by atoms with Crippen molar-refractivity contribution in [3.8, 4) is 0 Å². The van der Waals surface area contributed by atoms with Crippen LogP contribution in [0.1, 0.15) is 49.4 Å². The number of thioether (sulfide) groups is 1. The molecule has 1 aliphatic rings. The van der Waals surface area contributed by atoms with Crippen LogP contribution in [-0.4, -0.2) is 27.0 Å². The SMILES string of the molecule is CC(=O)c1cccc(NC(=O)CSc2nc3ccccc3c(=O)n2CCC2=CCCCC2)c1. The van der Waals surface area contributed by atoms with E-state index in [0.29, 0.717) is 33.9 Å². The van der Waals surface area contributed by atoms with Crippen LogP contribution in [0.4, 0.5) is 5.69 Å². The molecule has 0 saturated heterocycles. The molecule has 0 bridgehead atoms. The van der Waals surface area contributed by atoms with Gasteiger partial charge in [0.05, 0.1) is 16.7 Å². The number of nitrogens with one attached hydrogen (secondary N) is 1. The molecular formula is C26H27N3O3S. The Morgan fingerprint density at radius 2 is 1.97 bits per heavy atom. The maximum absolute atomic E-state index is 13.2. The molecule has 2 aromatic carbocycles. The Morgan fingerprint density at radius 1 is 1.12 bits per heavy atom. The van der Waals surface area contributed by atoms with Crippen molar-refractivity contribution >= 4 is 40.0 Å². The van der Waals surface area contributed by atoms with Gasteiger partial charge in [-0.15, -0.1) is 0 Å². The van der Waals surface area contributed by atoms with E-state index in [4.69, 9.17) is 4.98 Å². The fourth-order valence-corrected chi connectivity index (χ4v) is 4.81. The summed E-state index contributed by atoms with van der Waals surface area (Å²) >= 11 is 1.25. The number of carbonyl (C=O) groups excluding carboxylic acids is 2. The van der Waals surface area contributed by atoms with Gasteiger partial charge >= 0.3 is 0 Å². The Kier molecular flexibility index (Phi) is 7.40. The van der Waals surface area contributed by atoms with E-state index in [2.05, 4.69) is 11.4 Å². The zero-order chi connectivity index (χ0) is 23.2. The highest BCUT2D eigenvalue weighted by atomic mass is 32.2. The molecule has 1 aromatic heterocycles. The molecule has 3 aromatic rings. The first-order valence-electron chi connectivity index (χ1n) is 11.2. The highest BCUT2D eigenvalue weighted by Crippen LogP contribution is 2.23. The Bertz CT molecular complexity index is 1280. The first-order valence-corrected chi connectivity index (χ1v) is 12.2. The third kappa shape index (κ3) is 5.79. The van der Waals surface area contributed by atoms with Crippen molar-refractivity contribution in [3.63, 3.8) is 0 Å². The summed E-state index contributed by atoms with van der Waals surface area (Å²) in [5.74, 6) is -0.166. The maximum atomic E-state index is 13.2. The lowest BCUT2D eigenvalue weighted by Crippen LogP contribution is -2.24. The van der Waals surface area contributed by atoms with Gasteiger partial charge in [-0.25, -0.2) is 4.98 Å². The Morgan fingerprint density at radius 3 is 2.76 bits per heavy atom. The summed E-state index contributed by atoms with van der Waals surface area (Å²) in [6.45, 7) is 2.04. The standard InChI is InChI=1S/C26H27N3O3S/c1-18(30)20-10-7-11-21(16-20)27-24(31)17-33-26-28-23-13-6-5-12-22(23)25(32)29(26)15-14-19-8-3-2-4-9-19/h5-8,10-13,16H,2-4,9,14-15,17H2,1H3,(H,27,31). The lowest BCUT2D eigenvalue weighted by molar-refractivity contribution is -0.113. The Hall–Kier alpha value is -3.19.